The van der Waals surface area contributed by atoms with Crippen LogP contribution >= 0.6 is 23.5 Å². The maximum Gasteiger partial charge on any atom is 0.376 e. The van der Waals surface area contributed by atoms with Crippen molar-refractivity contribution in [3.05, 3.63) is 28.2 Å². The summed E-state index contributed by atoms with van der Waals surface area (Å²) in [6.45, 7) is 3.33. The van der Waals surface area contributed by atoms with Crippen molar-refractivity contribution in [1.82, 2.24) is 0 Å². The molecule has 1 atom stereocenters. The number of halogens is 1. The Labute approximate surface area is 125 Å². The molecule has 0 bridgehead atoms. The number of hydrogen-bond acceptors (Lipinski definition) is 5. The number of nitrogens with one attached hydrogen (secondary N) is 1. The molecule has 0 unspecified atom stereocenters. The van der Waals surface area contributed by atoms with Crippen LogP contribution in [0.3, 0.4) is 0 Å². The number of carbonyl (C=O) groups excluding carboxylic acids is 1. The van der Waals surface area contributed by atoms with Crippen LogP contribution in [0.25, 0.3) is 0 Å². The first-order valence-electron chi connectivity index (χ1n) is 6.12. The normalized spacial score (nSPS) is 21.7. The smallest absolute Gasteiger partial charge is 0.366 e. The van der Waals surface area contributed by atoms with Crippen molar-refractivity contribution in [2.45, 2.75) is 19.2 Å². The lowest BCUT2D eigenvalue weighted by Gasteiger charge is -2.29. The second-order valence-corrected chi connectivity index (χ2v) is 7.22. The Kier molecular flexibility index (Phi) is 4.37. The lowest BCUT2D eigenvalue weighted by Crippen LogP contribution is -2.35. The van der Waals surface area contributed by atoms with Gasteiger partial charge in [-0.3, -0.25) is 9.36 Å². The number of hydrogen-bond donors (Lipinski definition) is 2. The zero-order chi connectivity index (χ0) is 15.0. The van der Waals surface area contributed by atoms with E-state index in [4.69, 9.17) is 9.05 Å². The summed E-state index contributed by atoms with van der Waals surface area (Å²) >= 11 is 3.26. The van der Waals surface area contributed by atoms with Crippen molar-refractivity contribution in [2.24, 2.45) is 0 Å². The highest BCUT2D eigenvalue weighted by Crippen LogP contribution is 2.66. The fourth-order valence-electron chi connectivity index (χ4n) is 2.08. The predicted molar refractivity (Wildman–Crippen MR) is 77.5 cm³/mol. The van der Waals surface area contributed by atoms with E-state index in [9.17, 15) is 14.5 Å². The number of anilines is 1. The van der Waals surface area contributed by atoms with E-state index in [1.807, 2.05) is 0 Å². The van der Waals surface area contributed by atoms with E-state index in [0.717, 1.165) is 0 Å². The molecule has 1 aromatic carbocycles. The summed E-state index contributed by atoms with van der Waals surface area (Å²) in [7, 11) is -4.06. The molecule has 0 aromatic heterocycles. The van der Waals surface area contributed by atoms with Crippen molar-refractivity contribution >= 4 is 35.1 Å². The van der Waals surface area contributed by atoms with E-state index in [2.05, 4.69) is 21.2 Å². The van der Waals surface area contributed by atoms with Crippen molar-refractivity contribution in [1.29, 1.82) is 0 Å². The quantitative estimate of drug-likeness (QED) is 0.785. The van der Waals surface area contributed by atoms with Crippen molar-refractivity contribution in [3.8, 4) is 0 Å². The summed E-state index contributed by atoms with van der Waals surface area (Å²) in [4.78, 5) is 12.2. The Balaban J connectivity index is 2.61. The maximum absolute atomic E-state index is 12.9. The summed E-state index contributed by atoms with van der Waals surface area (Å²) in [6.07, 6.45) is 0. The van der Waals surface area contributed by atoms with Gasteiger partial charge in [0.05, 0.1) is 13.2 Å². The monoisotopic (exact) mass is 363 g/mol. The average Bonchev–Trinajstić information content (AvgIpc) is 2.64. The summed E-state index contributed by atoms with van der Waals surface area (Å²) in [5.74, 6) is -0.809. The van der Waals surface area contributed by atoms with E-state index in [0.29, 0.717) is 10.2 Å². The third-order valence-corrected chi connectivity index (χ3v) is 5.84. The summed E-state index contributed by atoms with van der Waals surface area (Å²) in [6, 6.07) is 4.84. The average molecular weight is 364 g/mol. The third-order valence-electron chi connectivity index (χ3n) is 2.92. The molecule has 1 aliphatic heterocycles. The Bertz CT molecular complexity index is 583. The molecule has 8 heteroatoms. The first kappa shape index (κ1) is 15.7. The topological polar surface area (TPSA) is 84.9 Å². The van der Waals surface area contributed by atoms with Gasteiger partial charge in [0.2, 0.25) is 0 Å². The molecule has 2 rings (SSSR count). The number of aliphatic hydroxyl groups is 1. The Morgan fingerprint density at radius 1 is 1.35 bits per heavy atom. The Morgan fingerprint density at radius 3 is 2.50 bits per heavy atom. The first-order chi connectivity index (χ1) is 9.39. The molecule has 0 fully saturated rings. The number of amides is 1. The van der Waals surface area contributed by atoms with Crippen LogP contribution in [0.15, 0.2) is 22.7 Å². The molecule has 20 heavy (non-hydrogen) atoms. The maximum atomic E-state index is 12.9. The minimum absolute atomic E-state index is 0.0518. The largest absolute Gasteiger partial charge is 0.376 e. The molecule has 2 N–H and O–H groups in total. The van der Waals surface area contributed by atoms with Gasteiger partial charge in [-0.25, -0.2) is 0 Å². The van der Waals surface area contributed by atoms with Gasteiger partial charge in [-0.1, -0.05) is 15.9 Å². The van der Waals surface area contributed by atoms with Crippen LogP contribution in [0.1, 0.15) is 19.4 Å². The standard InChI is InChI=1S/C12H15BrNO5P/c1-3-18-20(17,19-4-2)12(16)9-7-8(13)5-6-10(9)14-11(12)15/h5-7,16H,3-4H2,1-2H3,(H,14,15)/t12-/m1/s1. The van der Waals surface area contributed by atoms with Gasteiger partial charge in [-0.2, -0.15) is 0 Å². The molecule has 0 saturated carbocycles. The fourth-order valence-corrected chi connectivity index (χ4v) is 4.36. The minimum atomic E-state index is -4.06. The molecular weight excluding hydrogens is 349 g/mol. The molecule has 0 radical (unpaired) electrons. The predicted octanol–water partition coefficient (Wildman–Crippen LogP) is 2.81. The lowest BCUT2D eigenvalue weighted by molar-refractivity contribution is -0.128. The van der Waals surface area contributed by atoms with Gasteiger partial charge in [0, 0.05) is 15.7 Å². The van der Waals surface area contributed by atoms with Crippen LogP contribution in [0.5, 0.6) is 0 Å². The van der Waals surface area contributed by atoms with E-state index in [-0.39, 0.29) is 18.8 Å². The van der Waals surface area contributed by atoms with Gasteiger partial charge in [0.15, 0.2) is 0 Å². The summed E-state index contributed by atoms with van der Waals surface area (Å²) in [5, 5.41) is 10.9. The van der Waals surface area contributed by atoms with Gasteiger partial charge < -0.3 is 19.5 Å². The second-order valence-electron chi connectivity index (χ2n) is 4.15. The van der Waals surface area contributed by atoms with Gasteiger partial charge in [0.1, 0.15) is 0 Å². The fraction of sp³-hybridized carbons (Fsp3) is 0.417. The number of carbonyl (C=O) groups is 1. The van der Waals surface area contributed by atoms with Crippen molar-refractivity contribution in [2.75, 3.05) is 18.5 Å². The van der Waals surface area contributed by atoms with Crippen LogP contribution in [0, 0.1) is 0 Å². The summed E-state index contributed by atoms with van der Waals surface area (Å²) in [5.41, 5.74) is 0.572. The SMILES string of the molecule is CCOP(=O)(OCC)[C@@]1(O)C(=O)Nc2ccc(Br)cc21. The number of fused-ring (bicyclic) bond motifs is 1. The number of rotatable bonds is 5. The Morgan fingerprint density at radius 2 is 1.95 bits per heavy atom. The molecule has 1 aliphatic rings. The molecular formula is C12H15BrNO5P. The molecule has 0 aliphatic carbocycles. The van der Waals surface area contributed by atoms with Gasteiger partial charge >= 0.3 is 7.60 Å². The van der Waals surface area contributed by atoms with Crippen molar-refractivity contribution in [3.63, 3.8) is 0 Å². The Hall–Kier alpha value is -0.720. The van der Waals surface area contributed by atoms with E-state index in [1.165, 1.54) is 6.07 Å². The minimum Gasteiger partial charge on any atom is -0.366 e. The molecule has 6 nitrogen and oxygen atoms in total. The third kappa shape index (κ3) is 2.23. The molecule has 110 valence electrons. The van der Waals surface area contributed by atoms with Gasteiger partial charge in [0.25, 0.3) is 11.2 Å². The van der Waals surface area contributed by atoms with Gasteiger partial charge in [-0.15, -0.1) is 0 Å². The summed E-state index contributed by atoms with van der Waals surface area (Å²) < 4.78 is 23.8. The molecule has 0 saturated heterocycles. The second kappa shape index (κ2) is 5.58. The zero-order valence-corrected chi connectivity index (χ0v) is 13.5. The van der Waals surface area contributed by atoms with E-state index >= 15 is 0 Å². The first-order valence-corrected chi connectivity index (χ1v) is 8.45. The highest BCUT2D eigenvalue weighted by molar-refractivity contribution is 9.10. The molecule has 1 aromatic rings. The van der Waals surface area contributed by atoms with Gasteiger partial charge in [-0.05, 0) is 32.0 Å². The van der Waals surface area contributed by atoms with Crippen LogP contribution in [-0.4, -0.2) is 24.2 Å². The molecule has 0 spiro atoms. The molecule has 1 amide bonds. The highest BCUT2D eigenvalue weighted by atomic mass is 79.9. The van der Waals surface area contributed by atoms with Crippen LogP contribution < -0.4 is 5.32 Å². The van der Waals surface area contributed by atoms with E-state index < -0.39 is 18.8 Å². The zero-order valence-electron chi connectivity index (χ0n) is 11.1. The van der Waals surface area contributed by atoms with Crippen LogP contribution in [0.4, 0.5) is 5.69 Å². The van der Waals surface area contributed by atoms with E-state index in [1.54, 1.807) is 26.0 Å². The van der Waals surface area contributed by atoms with Crippen LogP contribution in [0.2, 0.25) is 0 Å². The van der Waals surface area contributed by atoms with Crippen LogP contribution in [-0.2, 0) is 23.7 Å². The highest BCUT2D eigenvalue weighted by Gasteiger charge is 2.61. The molecule has 1 heterocycles. The number of benzene rings is 1. The van der Waals surface area contributed by atoms with Crippen molar-refractivity contribution < 1.29 is 23.5 Å². The lowest BCUT2D eigenvalue weighted by atomic mass is 10.1.